The van der Waals surface area contributed by atoms with Gasteiger partial charge in [-0.3, -0.25) is 0 Å². The van der Waals surface area contributed by atoms with Gasteiger partial charge in [0.25, 0.3) is 0 Å². The highest BCUT2D eigenvalue weighted by Gasteiger charge is 2.05. The third kappa shape index (κ3) is 2.33. The molecule has 0 atom stereocenters. The fraction of sp³-hybridized carbons (Fsp3) is 0.143. The van der Waals surface area contributed by atoms with Gasteiger partial charge in [-0.15, -0.1) is 0 Å². The van der Waals surface area contributed by atoms with Crippen molar-refractivity contribution in [3.8, 4) is 11.1 Å². The van der Waals surface area contributed by atoms with E-state index in [4.69, 9.17) is 0 Å². The summed E-state index contributed by atoms with van der Waals surface area (Å²) in [6.45, 7) is 2.02. The standard InChI is InChI=1S/C14H12BrF/c1-2-10-3-8-13(14(16)9-10)11-4-6-12(15)7-5-11/h3-9H,2H2,1H3. The zero-order valence-corrected chi connectivity index (χ0v) is 10.6. The van der Waals surface area contributed by atoms with E-state index in [1.54, 1.807) is 6.07 Å². The van der Waals surface area contributed by atoms with Crippen molar-refractivity contribution in [3.05, 3.63) is 58.3 Å². The number of halogens is 2. The van der Waals surface area contributed by atoms with Gasteiger partial charge in [-0.05, 0) is 35.7 Å². The molecule has 0 unspecified atom stereocenters. The molecule has 0 spiro atoms. The average molecular weight is 279 g/mol. The smallest absolute Gasteiger partial charge is 0.131 e. The minimum Gasteiger partial charge on any atom is -0.206 e. The Morgan fingerprint density at radius 3 is 2.31 bits per heavy atom. The maximum absolute atomic E-state index is 13.8. The Balaban J connectivity index is 2.44. The lowest BCUT2D eigenvalue weighted by atomic mass is 10.0. The Morgan fingerprint density at radius 1 is 1.06 bits per heavy atom. The van der Waals surface area contributed by atoms with Gasteiger partial charge >= 0.3 is 0 Å². The van der Waals surface area contributed by atoms with Crippen LogP contribution in [0.4, 0.5) is 4.39 Å². The molecule has 0 radical (unpaired) electrons. The van der Waals surface area contributed by atoms with Crippen molar-refractivity contribution in [2.45, 2.75) is 13.3 Å². The summed E-state index contributed by atoms with van der Waals surface area (Å²) in [6.07, 6.45) is 0.859. The van der Waals surface area contributed by atoms with E-state index < -0.39 is 0 Å². The Morgan fingerprint density at radius 2 is 1.75 bits per heavy atom. The molecule has 0 heterocycles. The molecule has 0 bridgehead atoms. The molecule has 0 fully saturated rings. The van der Waals surface area contributed by atoms with Crippen molar-refractivity contribution in [1.29, 1.82) is 0 Å². The Kier molecular flexibility index (Phi) is 3.39. The first kappa shape index (κ1) is 11.3. The van der Waals surface area contributed by atoms with Gasteiger partial charge in [0.15, 0.2) is 0 Å². The van der Waals surface area contributed by atoms with Gasteiger partial charge < -0.3 is 0 Å². The number of aryl methyl sites for hydroxylation is 1. The van der Waals surface area contributed by atoms with E-state index in [2.05, 4.69) is 15.9 Å². The first-order chi connectivity index (χ1) is 7.70. The van der Waals surface area contributed by atoms with Crippen molar-refractivity contribution < 1.29 is 4.39 Å². The summed E-state index contributed by atoms with van der Waals surface area (Å²) >= 11 is 3.37. The van der Waals surface area contributed by atoms with Gasteiger partial charge in [-0.1, -0.05) is 47.1 Å². The molecule has 0 aliphatic rings. The lowest BCUT2D eigenvalue weighted by Crippen LogP contribution is -1.87. The number of benzene rings is 2. The largest absolute Gasteiger partial charge is 0.206 e. The minimum atomic E-state index is -0.151. The SMILES string of the molecule is CCc1ccc(-c2ccc(Br)cc2)c(F)c1. The van der Waals surface area contributed by atoms with Crippen LogP contribution in [0.5, 0.6) is 0 Å². The quantitative estimate of drug-likeness (QED) is 0.739. The van der Waals surface area contributed by atoms with Gasteiger partial charge in [0.05, 0.1) is 0 Å². The van der Waals surface area contributed by atoms with Gasteiger partial charge in [0, 0.05) is 10.0 Å². The van der Waals surface area contributed by atoms with E-state index in [1.165, 1.54) is 0 Å². The van der Waals surface area contributed by atoms with Gasteiger partial charge in [-0.25, -0.2) is 4.39 Å². The summed E-state index contributed by atoms with van der Waals surface area (Å²) in [5.41, 5.74) is 2.59. The molecule has 0 saturated heterocycles. The zero-order chi connectivity index (χ0) is 11.5. The van der Waals surface area contributed by atoms with E-state index in [-0.39, 0.29) is 5.82 Å². The highest BCUT2D eigenvalue weighted by atomic mass is 79.9. The maximum Gasteiger partial charge on any atom is 0.131 e. The normalized spacial score (nSPS) is 10.4. The third-order valence-electron chi connectivity index (χ3n) is 2.60. The van der Waals surface area contributed by atoms with Gasteiger partial charge in [0.1, 0.15) is 5.82 Å². The predicted molar refractivity (Wildman–Crippen MR) is 68.9 cm³/mol. The monoisotopic (exact) mass is 278 g/mol. The molecule has 2 aromatic rings. The Labute approximate surface area is 103 Å². The first-order valence-corrected chi connectivity index (χ1v) is 6.04. The predicted octanol–water partition coefficient (Wildman–Crippen LogP) is 4.82. The Hall–Kier alpha value is -1.15. The molecule has 0 aliphatic heterocycles. The van der Waals surface area contributed by atoms with E-state index >= 15 is 0 Å². The molecule has 0 amide bonds. The van der Waals surface area contributed by atoms with Gasteiger partial charge in [-0.2, -0.15) is 0 Å². The molecule has 16 heavy (non-hydrogen) atoms. The van der Waals surface area contributed by atoms with Crippen molar-refractivity contribution >= 4 is 15.9 Å². The van der Waals surface area contributed by atoms with Crippen LogP contribution >= 0.6 is 15.9 Å². The van der Waals surface area contributed by atoms with Crippen LogP contribution in [0.2, 0.25) is 0 Å². The second kappa shape index (κ2) is 4.79. The first-order valence-electron chi connectivity index (χ1n) is 5.25. The average Bonchev–Trinajstić information content (AvgIpc) is 2.30. The fourth-order valence-electron chi connectivity index (χ4n) is 1.64. The summed E-state index contributed by atoms with van der Waals surface area (Å²) in [5.74, 6) is -0.151. The molecule has 0 nitrogen and oxygen atoms in total. The van der Waals surface area contributed by atoms with Crippen molar-refractivity contribution in [3.63, 3.8) is 0 Å². The summed E-state index contributed by atoms with van der Waals surface area (Å²) in [4.78, 5) is 0. The number of hydrogen-bond donors (Lipinski definition) is 0. The summed E-state index contributed by atoms with van der Waals surface area (Å²) in [5, 5.41) is 0. The number of hydrogen-bond acceptors (Lipinski definition) is 0. The summed E-state index contributed by atoms with van der Waals surface area (Å²) in [6, 6.07) is 13.1. The van der Waals surface area contributed by atoms with Crippen LogP contribution in [0, 0.1) is 5.82 Å². The molecular formula is C14H12BrF. The summed E-state index contributed by atoms with van der Waals surface area (Å²) < 4.78 is 14.8. The summed E-state index contributed by atoms with van der Waals surface area (Å²) in [7, 11) is 0. The van der Waals surface area contributed by atoms with Crippen LogP contribution in [0.3, 0.4) is 0 Å². The van der Waals surface area contributed by atoms with Gasteiger partial charge in [0.2, 0.25) is 0 Å². The Bertz CT molecular complexity index is 489. The van der Waals surface area contributed by atoms with Crippen LogP contribution in [-0.2, 0) is 6.42 Å². The van der Waals surface area contributed by atoms with Crippen LogP contribution in [0.1, 0.15) is 12.5 Å². The molecule has 0 N–H and O–H groups in total. The molecule has 0 saturated carbocycles. The molecular weight excluding hydrogens is 267 g/mol. The van der Waals surface area contributed by atoms with Crippen LogP contribution in [0.25, 0.3) is 11.1 Å². The second-order valence-corrected chi connectivity index (χ2v) is 4.59. The molecule has 0 aliphatic carbocycles. The minimum absolute atomic E-state index is 0.151. The molecule has 82 valence electrons. The van der Waals surface area contributed by atoms with E-state index in [0.717, 1.165) is 22.0 Å². The lowest BCUT2D eigenvalue weighted by Gasteiger charge is -2.05. The van der Waals surface area contributed by atoms with E-state index in [1.807, 2.05) is 43.3 Å². The van der Waals surface area contributed by atoms with Crippen LogP contribution < -0.4 is 0 Å². The van der Waals surface area contributed by atoms with Crippen LogP contribution in [0.15, 0.2) is 46.9 Å². The second-order valence-electron chi connectivity index (χ2n) is 3.67. The zero-order valence-electron chi connectivity index (χ0n) is 9.00. The highest BCUT2D eigenvalue weighted by Crippen LogP contribution is 2.25. The van der Waals surface area contributed by atoms with E-state index in [0.29, 0.717) is 5.56 Å². The number of rotatable bonds is 2. The molecule has 2 heteroatoms. The van der Waals surface area contributed by atoms with Crippen LogP contribution in [-0.4, -0.2) is 0 Å². The molecule has 0 aromatic heterocycles. The highest BCUT2D eigenvalue weighted by molar-refractivity contribution is 9.10. The maximum atomic E-state index is 13.8. The van der Waals surface area contributed by atoms with Crippen molar-refractivity contribution in [2.75, 3.05) is 0 Å². The van der Waals surface area contributed by atoms with E-state index in [9.17, 15) is 4.39 Å². The fourth-order valence-corrected chi connectivity index (χ4v) is 1.91. The van der Waals surface area contributed by atoms with Crippen molar-refractivity contribution in [1.82, 2.24) is 0 Å². The lowest BCUT2D eigenvalue weighted by molar-refractivity contribution is 0.629. The van der Waals surface area contributed by atoms with Crippen molar-refractivity contribution in [2.24, 2.45) is 0 Å². The topological polar surface area (TPSA) is 0 Å². The molecule has 2 rings (SSSR count). The molecule has 2 aromatic carbocycles. The third-order valence-corrected chi connectivity index (χ3v) is 3.13.